The molecule has 0 amide bonds. The third-order valence-electron chi connectivity index (χ3n) is 3.87. The number of methoxy groups -OCH3 is 1. The van der Waals surface area contributed by atoms with E-state index < -0.39 is 0 Å². The van der Waals surface area contributed by atoms with Crippen LogP contribution in [0.15, 0.2) is 4.99 Å². The molecule has 1 aliphatic heterocycles. The Kier molecular flexibility index (Phi) is 9.21. The highest BCUT2D eigenvalue weighted by atomic mass is 32.2. The molecule has 0 aromatic rings. The number of nitrogens with zero attached hydrogens (tertiary/aromatic N) is 2. The third kappa shape index (κ3) is 7.20. The van der Waals surface area contributed by atoms with Gasteiger partial charge in [0.05, 0.1) is 26.4 Å². The standard InChI is InChI=1S/C16H33N3O2S/c1-6-17-15(18-13-16(2,3)22-5)19-8-7-14(11-19)12-21-10-9-20-4/h14H,6-13H2,1-5H3,(H,17,18). The van der Waals surface area contributed by atoms with Crippen molar-refractivity contribution in [2.45, 2.75) is 31.9 Å². The van der Waals surface area contributed by atoms with Crippen LogP contribution in [0.5, 0.6) is 0 Å². The van der Waals surface area contributed by atoms with Gasteiger partial charge in [-0.15, -0.1) is 0 Å². The lowest BCUT2D eigenvalue weighted by Gasteiger charge is -2.24. The minimum atomic E-state index is 0.184. The maximum atomic E-state index is 5.66. The summed E-state index contributed by atoms with van der Waals surface area (Å²) in [6.07, 6.45) is 3.31. The Labute approximate surface area is 140 Å². The van der Waals surface area contributed by atoms with Crippen LogP contribution in [0.2, 0.25) is 0 Å². The molecule has 1 N–H and O–H groups in total. The van der Waals surface area contributed by atoms with Crippen molar-refractivity contribution in [3.8, 4) is 0 Å². The van der Waals surface area contributed by atoms with Crippen molar-refractivity contribution in [2.75, 3.05) is 59.4 Å². The number of nitrogens with one attached hydrogen (secondary N) is 1. The van der Waals surface area contributed by atoms with E-state index in [0.717, 1.165) is 38.7 Å². The Morgan fingerprint density at radius 2 is 2.18 bits per heavy atom. The van der Waals surface area contributed by atoms with Crippen molar-refractivity contribution >= 4 is 17.7 Å². The molecule has 1 saturated heterocycles. The third-order valence-corrected chi connectivity index (χ3v) is 5.10. The molecular formula is C16H33N3O2S. The van der Waals surface area contributed by atoms with Crippen LogP contribution >= 0.6 is 11.8 Å². The molecule has 1 fully saturated rings. The zero-order chi connectivity index (χ0) is 16.4. The molecule has 1 unspecified atom stereocenters. The molecule has 0 saturated carbocycles. The SMILES string of the molecule is CCNC(=NCC(C)(C)SC)N1CCC(COCCOC)C1. The highest BCUT2D eigenvalue weighted by Gasteiger charge is 2.25. The number of thioether (sulfide) groups is 1. The number of hydrogen-bond donors (Lipinski definition) is 1. The van der Waals surface area contributed by atoms with Crippen molar-refractivity contribution < 1.29 is 9.47 Å². The van der Waals surface area contributed by atoms with Crippen molar-refractivity contribution in [3.05, 3.63) is 0 Å². The molecule has 1 atom stereocenters. The quantitative estimate of drug-likeness (QED) is 0.398. The smallest absolute Gasteiger partial charge is 0.193 e. The first-order valence-electron chi connectivity index (χ1n) is 8.17. The van der Waals surface area contributed by atoms with Gasteiger partial charge in [-0.05, 0) is 33.4 Å². The molecule has 22 heavy (non-hydrogen) atoms. The summed E-state index contributed by atoms with van der Waals surface area (Å²) in [7, 11) is 1.70. The molecule has 5 nitrogen and oxygen atoms in total. The highest BCUT2D eigenvalue weighted by Crippen LogP contribution is 2.22. The number of rotatable bonds is 9. The van der Waals surface area contributed by atoms with Crippen LogP contribution in [0.3, 0.4) is 0 Å². The second-order valence-electron chi connectivity index (χ2n) is 6.30. The zero-order valence-corrected chi connectivity index (χ0v) is 15.7. The van der Waals surface area contributed by atoms with Crippen LogP contribution in [0.1, 0.15) is 27.2 Å². The van der Waals surface area contributed by atoms with E-state index in [1.54, 1.807) is 7.11 Å². The van der Waals surface area contributed by atoms with Gasteiger partial charge in [0.25, 0.3) is 0 Å². The van der Waals surface area contributed by atoms with E-state index in [2.05, 4.69) is 37.2 Å². The summed E-state index contributed by atoms with van der Waals surface area (Å²) < 4.78 is 10.9. The predicted molar refractivity (Wildman–Crippen MR) is 95.9 cm³/mol. The van der Waals surface area contributed by atoms with Crippen LogP contribution in [0.25, 0.3) is 0 Å². The van der Waals surface area contributed by atoms with Gasteiger partial charge in [-0.3, -0.25) is 4.99 Å². The maximum Gasteiger partial charge on any atom is 0.193 e. The number of aliphatic imine (C=N–C) groups is 1. The van der Waals surface area contributed by atoms with Crippen LogP contribution in [0.4, 0.5) is 0 Å². The molecule has 0 aromatic heterocycles. The summed E-state index contributed by atoms with van der Waals surface area (Å²) in [5.41, 5.74) is 0. The maximum absolute atomic E-state index is 5.66. The van der Waals surface area contributed by atoms with E-state index in [9.17, 15) is 0 Å². The van der Waals surface area contributed by atoms with E-state index >= 15 is 0 Å². The molecule has 0 spiro atoms. The van der Waals surface area contributed by atoms with Crippen molar-refractivity contribution in [1.82, 2.24) is 10.2 Å². The first-order chi connectivity index (χ1) is 10.5. The molecule has 130 valence electrons. The Morgan fingerprint density at radius 3 is 2.82 bits per heavy atom. The van der Waals surface area contributed by atoms with E-state index in [1.807, 2.05) is 11.8 Å². The normalized spacial score (nSPS) is 19.8. The average Bonchev–Trinajstić information content (AvgIpc) is 2.97. The highest BCUT2D eigenvalue weighted by molar-refractivity contribution is 7.99. The Morgan fingerprint density at radius 1 is 1.41 bits per heavy atom. The van der Waals surface area contributed by atoms with Gasteiger partial charge in [-0.25, -0.2) is 0 Å². The monoisotopic (exact) mass is 331 g/mol. The summed E-state index contributed by atoms with van der Waals surface area (Å²) in [5.74, 6) is 1.64. The Hall–Kier alpha value is -0.460. The van der Waals surface area contributed by atoms with Gasteiger partial charge in [-0.1, -0.05) is 0 Å². The summed E-state index contributed by atoms with van der Waals surface area (Å²) in [6.45, 7) is 12.6. The fraction of sp³-hybridized carbons (Fsp3) is 0.938. The Balaban J connectivity index is 2.46. The first-order valence-corrected chi connectivity index (χ1v) is 9.40. The molecular weight excluding hydrogens is 298 g/mol. The number of hydrogen-bond acceptors (Lipinski definition) is 4. The fourth-order valence-corrected chi connectivity index (χ4v) is 2.50. The molecule has 0 aromatic carbocycles. The van der Waals surface area contributed by atoms with E-state index in [4.69, 9.17) is 14.5 Å². The second kappa shape index (κ2) is 10.3. The minimum Gasteiger partial charge on any atom is -0.382 e. The van der Waals surface area contributed by atoms with Gasteiger partial charge >= 0.3 is 0 Å². The van der Waals surface area contributed by atoms with Crippen LogP contribution in [-0.4, -0.2) is 75.0 Å². The summed E-state index contributed by atoms with van der Waals surface area (Å²) in [6, 6.07) is 0. The van der Waals surface area contributed by atoms with Crippen molar-refractivity contribution in [3.63, 3.8) is 0 Å². The lowest BCUT2D eigenvalue weighted by atomic mass is 10.1. The summed E-state index contributed by atoms with van der Waals surface area (Å²) in [4.78, 5) is 7.20. The van der Waals surface area contributed by atoms with E-state index in [0.29, 0.717) is 19.1 Å². The van der Waals surface area contributed by atoms with E-state index in [1.165, 1.54) is 6.42 Å². The number of guanidine groups is 1. The minimum absolute atomic E-state index is 0.184. The van der Waals surface area contributed by atoms with Gasteiger partial charge in [0.2, 0.25) is 0 Å². The lowest BCUT2D eigenvalue weighted by molar-refractivity contribution is 0.0536. The molecule has 6 heteroatoms. The van der Waals surface area contributed by atoms with Crippen molar-refractivity contribution in [1.29, 1.82) is 0 Å². The molecule has 1 aliphatic rings. The molecule has 0 bridgehead atoms. The van der Waals surface area contributed by atoms with Crippen LogP contribution in [0, 0.1) is 5.92 Å². The molecule has 0 radical (unpaired) electrons. The molecule has 1 rings (SSSR count). The lowest BCUT2D eigenvalue weighted by Crippen LogP contribution is -2.41. The first kappa shape index (κ1) is 19.6. The van der Waals surface area contributed by atoms with E-state index in [-0.39, 0.29) is 4.75 Å². The zero-order valence-electron chi connectivity index (χ0n) is 14.9. The van der Waals surface area contributed by atoms with Crippen LogP contribution < -0.4 is 5.32 Å². The number of ether oxygens (including phenoxy) is 2. The van der Waals surface area contributed by atoms with Gasteiger partial charge in [0, 0.05) is 37.4 Å². The average molecular weight is 332 g/mol. The fourth-order valence-electron chi connectivity index (χ4n) is 2.31. The Bertz CT molecular complexity index is 337. The van der Waals surface area contributed by atoms with Gasteiger partial charge < -0.3 is 19.7 Å². The van der Waals surface area contributed by atoms with Crippen molar-refractivity contribution in [2.24, 2.45) is 10.9 Å². The molecule has 0 aliphatic carbocycles. The van der Waals surface area contributed by atoms with Gasteiger partial charge in [0.15, 0.2) is 5.96 Å². The summed E-state index contributed by atoms with van der Waals surface area (Å²) >= 11 is 1.86. The number of likely N-dealkylation sites (tertiary alicyclic amines) is 1. The largest absolute Gasteiger partial charge is 0.382 e. The topological polar surface area (TPSA) is 46.1 Å². The second-order valence-corrected chi connectivity index (χ2v) is 7.82. The van der Waals surface area contributed by atoms with Gasteiger partial charge in [-0.2, -0.15) is 11.8 Å². The van der Waals surface area contributed by atoms with Crippen LogP contribution in [-0.2, 0) is 9.47 Å². The summed E-state index contributed by atoms with van der Waals surface area (Å²) in [5, 5.41) is 3.42. The molecule has 1 heterocycles. The predicted octanol–water partition coefficient (Wildman–Crippen LogP) is 2.08. The van der Waals surface area contributed by atoms with Gasteiger partial charge in [0.1, 0.15) is 0 Å².